The first kappa shape index (κ1) is 6.40. The summed E-state index contributed by atoms with van der Waals surface area (Å²) in [4.78, 5) is 0. The van der Waals surface area contributed by atoms with E-state index in [-0.39, 0.29) is 0 Å². The fourth-order valence-electron chi connectivity index (χ4n) is 0.103. The van der Waals surface area contributed by atoms with Crippen molar-refractivity contribution in [1.82, 2.24) is 0 Å². The van der Waals surface area contributed by atoms with Gasteiger partial charge in [0.05, 0.1) is 6.07 Å². The molecule has 3 heteroatoms. The van der Waals surface area contributed by atoms with E-state index >= 15 is 0 Å². The Morgan fingerprint density at radius 1 is 1.83 bits per heavy atom. The van der Waals surface area contributed by atoms with Gasteiger partial charge in [-0.15, -0.1) is 0 Å². The normalized spacial score (nSPS) is 9.33. The number of halogens is 1. The van der Waals surface area contributed by atoms with E-state index in [2.05, 4.69) is 15.5 Å². The maximum atomic E-state index is 7.93. The second kappa shape index (κ2) is 5.40. The second-order valence-corrected chi connectivity index (χ2v) is 3.24. The Kier molecular flexibility index (Phi) is 5.76. The van der Waals surface area contributed by atoms with E-state index < -0.39 is 0 Å². The summed E-state index contributed by atoms with van der Waals surface area (Å²) in [5, 5.41) is 7.93. The van der Waals surface area contributed by atoms with E-state index in [1.54, 1.807) is 0 Å². The molecule has 0 bridgehead atoms. The van der Waals surface area contributed by atoms with Crippen molar-refractivity contribution in [1.29, 1.82) is 5.26 Å². The molecule has 0 aromatic rings. The van der Waals surface area contributed by atoms with Crippen LogP contribution in [0, 0.1) is 11.3 Å². The predicted molar refractivity (Wildman–Crippen MR) is 32.3 cm³/mol. The molecule has 0 saturated heterocycles. The predicted octanol–water partition coefficient (Wildman–Crippen LogP) is 1.89. The van der Waals surface area contributed by atoms with E-state index in [4.69, 9.17) is 5.26 Å². The van der Waals surface area contributed by atoms with Gasteiger partial charge in [-0.1, -0.05) is 15.5 Å². The molecule has 0 aliphatic carbocycles. The Morgan fingerprint density at radius 2 is 2.50 bits per heavy atom. The zero-order valence-corrected chi connectivity index (χ0v) is 5.83. The van der Waals surface area contributed by atoms with Gasteiger partial charge in [0.1, 0.15) is 0 Å². The quantitative estimate of drug-likeness (QED) is 0.453. The average molecular weight is 166 g/mol. The Morgan fingerprint density at radius 3 is 2.67 bits per heavy atom. The Labute approximate surface area is 47.3 Å². The van der Waals surface area contributed by atoms with Crippen LogP contribution in [-0.2, 0) is 0 Å². The number of hydrogen-bond donors (Lipinski definition) is 0. The Balaban J connectivity index is 2.54. The maximum absolute atomic E-state index is 7.93. The zero-order chi connectivity index (χ0) is 4.83. The molecule has 0 rings (SSSR count). The lowest BCUT2D eigenvalue weighted by molar-refractivity contribution is 1.24. The summed E-state index contributed by atoms with van der Waals surface area (Å²) in [6, 6.07) is 2.05. The van der Waals surface area contributed by atoms with Crippen LogP contribution in [0.3, 0.4) is 0 Å². The van der Waals surface area contributed by atoms with Gasteiger partial charge in [0, 0.05) is 6.42 Å². The van der Waals surface area contributed by atoms with Crippen molar-refractivity contribution >= 4 is 22.8 Å². The van der Waals surface area contributed by atoms with Crippen LogP contribution >= 0.6 is 22.8 Å². The highest BCUT2D eigenvalue weighted by atomic mass is 79.9. The highest BCUT2D eigenvalue weighted by molar-refractivity contribution is 9.36. The number of hydrogen-bond acceptors (Lipinski definition) is 1. The van der Waals surface area contributed by atoms with Crippen molar-refractivity contribution < 1.29 is 0 Å². The summed E-state index contributed by atoms with van der Waals surface area (Å²) in [7, 11) is 0.755. The minimum absolute atomic E-state index is 0.684. The van der Waals surface area contributed by atoms with Gasteiger partial charge < -0.3 is 0 Å². The molecule has 0 aromatic heterocycles. The summed E-state index contributed by atoms with van der Waals surface area (Å²) in [5.41, 5.74) is 0. The fourth-order valence-corrected chi connectivity index (χ4v) is 0.904. The first-order chi connectivity index (χ1) is 2.91. The molecule has 34 valence electrons. The molecule has 1 atom stereocenters. The lowest BCUT2D eigenvalue weighted by atomic mass is 10.6. The molecular formula is C3H5BrNP. The molecule has 0 heterocycles. The van der Waals surface area contributed by atoms with E-state index in [0.717, 1.165) is 13.4 Å². The molecule has 1 unspecified atom stereocenters. The van der Waals surface area contributed by atoms with Gasteiger partial charge in [-0.2, -0.15) is 5.26 Å². The molecule has 0 saturated carbocycles. The molecule has 0 fully saturated rings. The largest absolute Gasteiger partial charge is 0.198 e. The van der Waals surface area contributed by atoms with Gasteiger partial charge in [-0.25, -0.2) is 0 Å². The van der Waals surface area contributed by atoms with E-state index in [9.17, 15) is 0 Å². The number of nitrogens with zero attached hydrogens (tertiary/aromatic N) is 1. The third kappa shape index (κ3) is 4.40. The van der Waals surface area contributed by atoms with E-state index in [1.165, 1.54) is 0 Å². The molecule has 0 aliphatic rings. The van der Waals surface area contributed by atoms with Gasteiger partial charge in [0.15, 0.2) is 0 Å². The summed E-state index contributed by atoms with van der Waals surface area (Å²) >= 11 is 3.23. The minimum Gasteiger partial charge on any atom is -0.198 e. The van der Waals surface area contributed by atoms with Gasteiger partial charge >= 0.3 is 0 Å². The van der Waals surface area contributed by atoms with Crippen LogP contribution in [0.4, 0.5) is 0 Å². The van der Waals surface area contributed by atoms with Crippen molar-refractivity contribution in [2.45, 2.75) is 6.42 Å². The monoisotopic (exact) mass is 165 g/mol. The molecule has 0 aromatic carbocycles. The van der Waals surface area contributed by atoms with Crippen LogP contribution in [0.5, 0.6) is 0 Å². The van der Waals surface area contributed by atoms with Crippen LogP contribution in [0.1, 0.15) is 6.42 Å². The summed E-state index contributed by atoms with van der Waals surface area (Å²) in [6.45, 7) is 0. The Bertz CT molecular complexity index is 58.3. The van der Waals surface area contributed by atoms with Crippen LogP contribution < -0.4 is 0 Å². The topological polar surface area (TPSA) is 23.8 Å². The van der Waals surface area contributed by atoms with Crippen LogP contribution in [0.2, 0.25) is 0 Å². The smallest absolute Gasteiger partial charge is 0.0625 e. The first-order valence-corrected chi connectivity index (χ1v) is 5.08. The lowest BCUT2D eigenvalue weighted by Crippen LogP contribution is -1.62. The van der Waals surface area contributed by atoms with Crippen molar-refractivity contribution in [3.8, 4) is 6.07 Å². The minimum atomic E-state index is 0.684. The van der Waals surface area contributed by atoms with Gasteiger partial charge in [-0.3, -0.25) is 0 Å². The van der Waals surface area contributed by atoms with E-state index in [1.807, 2.05) is 6.07 Å². The molecule has 0 amide bonds. The molecule has 6 heavy (non-hydrogen) atoms. The van der Waals surface area contributed by atoms with Gasteiger partial charge in [-0.05, 0) is 13.4 Å². The molecule has 0 spiro atoms. The van der Waals surface area contributed by atoms with Gasteiger partial charge in [0.25, 0.3) is 0 Å². The number of rotatable bonds is 2. The van der Waals surface area contributed by atoms with Gasteiger partial charge in [0.2, 0.25) is 0 Å². The highest BCUT2D eigenvalue weighted by Gasteiger charge is 1.75. The zero-order valence-electron chi connectivity index (χ0n) is 3.24. The van der Waals surface area contributed by atoms with Crippen molar-refractivity contribution in [3.05, 3.63) is 0 Å². The van der Waals surface area contributed by atoms with Crippen LogP contribution in [-0.4, -0.2) is 6.16 Å². The van der Waals surface area contributed by atoms with Crippen molar-refractivity contribution in [2.24, 2.45) is 0 Å². The molecular weight excluding hydrogens is 161 g/mol. The SMILES string of the molecule is N#CCCPBr. The van der Waals surface area contributed by atoms with Crippen molar-refractivity contribution in [2.75, 3.05) is 6.16 Å². The first-order valence-electron chi connectivity index (χ1n) is 1.62. The fraction of sp³-hybridized carbons (Fsp3) is 0.667. The summed E-state index contributed by atoms with van der Waals surface area (Å²) in [6.07, 6.45) is 1.68. The Hall–Kier alpha value is 0.400. The average Bonchev–Trinajstić information content (AvgIpc) is 1.61. The van der Waals surface area contributed by atoms with Crippen LogP contribution in [0.25, 0.3) is 0 Å². The molecule has 0 radical (unpaired) electrons. The maximum Gasteiger partial charge on any atom is 0.0625 e. The third-order valence-electron chi connectivity index (χ3n) is 0.331. The standard InChI is InChI=1S/C3H5BrNP/c4-6-3-1-2-5/h6H,1,3H2. The molecule has 0 aliphatic heterocycles. The molecule has 0 N–H and O–H groups in total. The molecule has 1 nitrogen and oxygen atoms in total. The lowest BCUT2D eigenvalue weighted by Gasteiger charge is -1.76. The summed E-state index contributed by atoms with van der Waals surface area (Å²) < 4.78 is 0. The number of nitriles is 1. The van der Waals surface area contributed by atoms with Crippen LogP contribution in [0.15, 0.2) is 0 Å². The van der Waals surface area contributed by atoms with Crippen molar-refractivity contribution in [3.63, 3.8) is 0 Å². The second-order valence-electron chi connectivity index (χ2n) is 0.792. The highest BCUT2D eigenvalue weighted by Crippen LogP contribution is 2.18. The van der Waals surface area contributed by atoms with E-state index in [0.29, 0.717) is 6.42 Å². The third-order valence-corrected chi connectivity index (χ3v) is 1.96. The summed E-state index contributed by atoms with van der Waals surface area (Å²) in [5.74, 6) is 0.